The van der Waals surface area contributed by atoms with Crippen LogP contribution in [0, 0.1) is 0 Å². The molecule has 0 aliphatic carbocycles. The van der Waals surface area contributed by atoms with E-state index in [9.17, 15) is 0 Å². The molecule has 1 spiro atoms. The lowest BCUT2D eigenvalue weighted by Gasteiger charge is -2.41. The number of aromatic nitrogens is 3. The van der Waals surface area contributed by atoms with Crippen LogP contribution in [-0.4, -0.2) is 21.0 Å². The minimum absolute atomic E-state index is 0.152. The highest BCUT2D eigenvalue weighted by Crippen LogP contribution is 2.48. The smallest absolute Gasteiger partial charge is 0.0997 e. The first-order valence-corrected chi connectivity index (χ1v) is 7.99. The molecule has 0 bridgehead atoms. The zero-order valence-electron chi connectivity index (χ0n) is 12.7. The van der Waals surface area contributed by atoms with Crippen molar-refractivity contribution in [1.82, 2.24) is 20.3 Å². The summed E-state index contributed by atoms with van der Waals surface area (Å²) in [6.07, 6.45) is 3.80. The fourth-order valence-electron chi connectivity index (χ4n) is 3.84. The zero-order valence-corrected chi connectivity index (χ0v) is 13.5. The molecule has 22 heavy (non-hydrogen) atoms. The van der Waals surface area contributed by atoms with E-state index in [1.807, 2.05) is 25.4 Å². The summed E-state index contributed by atoms with van der Waals surface area (Å²) in [6, 6.07) is 6.61. The van der Waals surface area contributed by atoms with Gasteiger partial charge in [0.05, 0.1) is 23.9 Å². The summed E-state index contributed by atoms with van der Waals surface area (Å²) in [5.74, 6) is 0. The molecular weight excluding hydrogens is 300 g/mol. The second kappa shape index (κ2) is 5.05. The van der Waals surface area contributed by atoms with Gasteiger partial charge in [-0.1, -0.05) is 22.9 Å². The number of piperidine rings is 1. The van der Waals surface area contributed by atoms with Crippen LogP contribution in [0.3, 0.4) is 0 Å². The molecule has 2 aliphatic rings. The van der Waals surface area contributed by atoms with E-state index in [-0.39, 0.29) is 11.6 Å². The molecule has 3 heterocycles. The molecule has 2 aliphatic heterocycles. The van der Waals surface area contributed by atoms with E-state index in [0.29, 0.717) is 12.6 Å². The molecule has 5 nitrogen and oxygen atoms in total. The van der Waals surface area contributed by atoms with Gasteiger partial charge < -0.3 is 10.1 Å². The number of aryl methyl sites for hydroxylation is 1. The molecular formula is C16H19ClN4O. The number of hydrogen-bond acceptors (Lipinski definition) is 4. The second-order valence-electron chi connectivity index (χ2n) is 6.43. The van der Waals surface area contributed by atoms with Gasteiger partial charge in [-0.25, -0.2) is 0 Å². The average molecular weight is 319 g/mol. The van der Waals surface area contributed by atoms with E-state index in [1.165, 1.54) is 11.1 Å². The molecule has 4 rings (SSSR count). The van der Waals surface area contributed by atoms with E-state index in [0.717, 1.165) is 23.6 Å². The largest absolute Gasteiger partial charge is 0.365 e. The lowest BCUT2D eigenvalue weighted by atomic mass is 9.78. The fraction of sp³-hybridized carbons (Fsp3) is 0.500. The number of rotatable bonds is 1. The van der Waals surface area contributed by atoms with Crippen LogP contribution in [0.4, 0.5) is 0 Å². The van der Waals surface area contributed by atoms with E-state index in [1.54, 1.807) is 4.68 Å². The first-order valence-electron chi connectivity index (χ1n) is 7.61. The Morgan fingerprint density at radius 2 is 2.27 bits per heavy atom. The number of fused-ring (bicyclic) bond motifs is 2. The Balaban J connectivity index is 1.71. The quantitative estimate of drug-likeness (QED) is 0.878. The molecule has 1 saturated heterocycles. The van der Waals surface area contributed by atoms with Crippen LogP contribution in [-0.2, 0) is 24.0 Å². The van der Waals surface area contributed by atoms with Crippen molar-refractivity contribution in [3.8, 4) is 0 Å². The third-order valence-corrected chi connectivity index (χ3v) is 4.93. The Morgan fingerprint density at radius 1 is 1.41 bits per heavy atom. The van der Waals surface area contributed by atoms with Crippen molar-refractivity contribution in [2.75, 3.05) is 0 Å². The summed E-state index contributed by atoms with van der Waals surface area (Å²) in [5.41, 5.74) is 3.21. The maximum absolute atomic E-state index is 6.28. The van der Waals surface area contributed by atoms with Crippen molar-refractivity contribution in [1.29, 1.82) is 0 Å². The SMILES string of the molecule is C[C@H]1CC2(C[C@@H](c3cn(C)nn3)N1)OCc1cc(Cl)ccc12. The van der Waals surface area contributed by atoms with Crippen LogP contribution in [0.1, 0.15) is 42.6 Å². The predicted octanol–water partition coefficient (Wildman–Crippen LogP) is 2.71. The number of hydrogen-bond donors (Lipinski definition) is 1. The van der Waals surface area contributed by atoms with Crippen LogP contribution in [0.2, 0.25) is 5.02 Å². The normalized spacial score (nSPS) is 30.7. The molecule has 0 saturated carbocycles. The molecule has 0 radical (unpaired) electrons. The molecule has 116 valence electrons. The van der Waals surface area contributed by atoms with Crippen molar-refractivity contribution < 1.29 is 4.74 Å². The molecule has 1 aromatic carbocycles. The predicted molar refractivity (Wildman–Crippen MR) is 83.5 cm³/mol. The Hall–Kier alpha value is -1.43. The van der Waals surface area contributed by atoms with Crippen molar-refractivity contribution in [3.05, 3.63) is 46.2 Å². The highest BCUT2D eigenvalue weighted by molar-refractivity contribution is 6.30. The third-order valence-electron chi connectivity index (χ3n) is 4.69. The lowest BCUT2D eigenvalue weighted by Crippen LogP contribution is -2.46. The summed E-state index contributed by atoms with van der Waals surface area (Å²) < 4.78 is 8.02. The second-order valence-corrected chi connectivity index (χ2v) is 6.87. The van der Waals surface area contributed by atoms with E-state index in [4.69, 9.17) is 16.3 Å². The van der Waals surface area contributed by atoms with Gasteiger partial charge in [-0.05, 0) is 36.6 Å². The standard InChI is InChI=1S/C16H19ClN4O/c1-10-6-16(7-14(18-10)15-8-21(2)20-19-15)13-4-3-12(17)5-11(13)9-22-16/h3-5,8,10,14,18H,6-7,9H2,1-2H3/t10-,14-,16?/m0/s1. The number of benzene rings is 1. The van der Waals surface area contributed by atoms with Gasteiger partial charge in [0.15, 0.2) is 0 Å². The maximum atomic E-state index is 6.28. The van der Waals surface area contributed by atoms with Gasteiger partial charge in [-0.3, -0.25) is 4.68 Å². The average Bonchev–Trinajstić information content (AvgIpc) is 3.03. The number of ether oxygens (including phenoxy) is 1. The minimum atomic E-state index is -0.243. The topological polar surface area (TPSA) is 52.0 Å². The van der Waals surface area contributed by atoms with Crippen molar-refractivity contribution in [2.45, 2.75) is 44.1 Å². The third kappa shape index (κ3) is 2.24. The van der Waals surface area contributed by atoms with Gasteiger partial charge in [-0.15, -0.1) is 5.10 Å². The van der Waals surface area contributed by atoms with Gasteiger partial charge in [0.25, 0.3) is 0 Å². The molecule has 1 aromatic heterocycles. The van der Waals surface area contributed by atoms with Gasteiger partial charge in [0, 0.05) is 30.7 Å². The molecule has 0 amide bonds. The van der Waals surface area contributed by atoms with Crippen LogP contribution >= 0.6 is 11.6 Å². The van der Waals surface area contributed by atoms with E-state index in [2.05, 4.69) is 28.6 Å². The fourth-order valence-corrected chi connectivity index (χ4v) is 4.04. The lowest BCUT2D eigenvalue weighted by molar-refractivity contribution is -0.0790. The van der Waals surface area contributed by atoms with Crippen LogP contribution in [0.25, 0.3) is 0 Å². The molecule has 1 fully saturated rings. The van der Waals surface area contributed by atoms with Crippen molar-refractivity contribution in [2.24, 2.45) is 7.05 Å². The minimum Gasteiger partial charge on any atom is -0.365 e. The molecule has 1 N–H and O–H groups in total. The summed E-state index contributed by atoms with van der Waals surface area (Å²) in [4.78, 5) is 0. The van der Waals surface area contributed by atoms with Gasteiger partial charge >= 0.3 is 0 Å². The molecule has 6 heteroatoms. The van der Waals surface area contributed by atoms with Crippen molar-refractivity contribution in [3.63, 3.8) is 0 Å². The number of nitrogens with one attached hydrogen (secondary N) is 1. The monoisotopic (exact) mass is 318 g/mol. The highest BCUT2D eigenvalue weighted by Gasteiger charge is 2.46. The first kappa shape index (κ1) is 14.2. The summed E-state index contributed by atoms with van der Waals surface area (Å²) in [6.45, 7) is 2.83. The molecule has 2 aromatic rings. The zero-order chi connectivity index (χ0) is 15.3. The Morgan fingerprint density at radius 3 is 3.05 bits per heavy atom. The molecule has 3 atom stereocenters. The van der Waals surface area contributed by atoms with E-state index < -0.39 is 0 Å². The highest BCUT2D eigenvalue weighted by atomic mass is 35.5. The number of nitrogens with zero attached hydrogens (tertiary/aromatic N) is 3. The summed E-state index contributed by atoms with van der Waals surface area (Å²) in [5, 5.41) is 12.7. The Kier molecular flexibility index (Phi) is 3.25. The van der Waals surface area contributed by atoms with Gasteiger partial charge in [0.1, 0.15) is 0 Å². The Labute approximate surface area is 134 Å². The first-order chi connectivity index (χ1) is 10.6. The van der Waals surface area contributed by atoms with Crippen LogP contribution in [0.5, 0.6) is 0 Å². The Bertz CT molecular complexity index is 716. The summed E-state index contributed by atoms with van der Waals surface area (Å²) >= 11 is 6.12. The number of halogens is 1. The summed E-state index contributed by atoms with van der Waals surface area (Å²) in [7, 11) is 1.89. The van der Waals surface area contributed by atoms with Crippen LogP contribution < -0.4 is 5.32 Å². The maximum Gasteiger partial charge on any atom is 0.0997 e. The molecule has 1 unspecified atom stereocenters. The van der Waals surface area contributed by atoms with Gasteiger partial charge in [-0.2, -0.15) is 0 Å². The van der Waals surface area contributed by atoms with Gasteiger partial charge in [0.2, 0.25) is 0 Å². The van der Waals surface area contributed by atoms with Crippen LogP contribution in [0.15, 0.2) is 24.4 Å². The van der Waals surface area contributed by atoms with E-state index >= 15 is 0 Å². The van der Waals surface area contributed by atoms with Crippen molar-refractivity contribution >= 4 is 11.6 Å².